The number of nitrogens with one attached hydrogen (secondary N) is 2. The van der Waals surface area contributed by atoms with Crippen LogP contribution in [0.25, 0.3) is 27.9 Å². The molecule has 36 heavy (non-hydrogen) atoms. The summed E-state index contributed by atoms with van der Waals surface area (Å²) in [6.45, 7) is 0.359. The van der Waals surface area contributed by atoms with Gasteiger partial charge in [-0.3, -0.25) is 14.2 Å². The third kappa shape index (κ3) is 4.11. The highest BCUT2D eigenvalue weighted by Gasteiger charge is 2.25. The molecular formula is C26H19ClF2N6O. The Bertz CT molecular complexity index is 1630. The zero-order valence-electron chi connectivity index (χ0n) is 18.8. The molecule has 3 aromatic heterocycles. The predicted molar refractivity (Wildman–Crippen MR) is 133 cm³/mol. The first-order valence-electron chi connectivity index (χ1n) is 11.4. The number of carbonyl (C=O) groups excluding carboxylic acids is 1. The topological polar surface area (TPSA) is 84.2 Å². The lowest BCUT2D eigenvalue weighted by molar-refractivity contribution is 0.0951. The van der Waals surface area contributed by atoms with E-state index in [1.165, 1.54) is 0 Å². The van der Waals surface area contributed by atoms with E-state index in [4.69, 9.17) is 11.6 Å². The largest absolute Gasteiger partial charge is 0.361 e. The molecule has 1 amide bonds. The highest BCUT2D eigenvalue weighted by Crippen LogP contribution is 2.32. The number of nitrogens with zero attached hydrogens (tertiary/aromatic N) is 4. The van der Waals surface area contributed by atoms with Crippen molar-refractivity contribution < 1.29 is 13.6 Å². The van der Waals surface area contributed by atoms with Gasteiger partial charge in [-0.05, 0) is 37.1 Å². The van der Waals surface area contributed by atoms with Crippen molar-refractivity contribution in [3.05, 3.63) is 88.8 Å². The number of halogens is 3. The van der Waals surface area contributed by atoms with E-state index in [0.29, 0.717) is 40.3 Å². The summed E-state index contributed by atoms with van der Waals surface area (Å²) in [6, 6.07) is 13.0. The van der Waals surface area contributed by atoms with Gasteiger partial charge in [0.05, 0.1) is 45.7 Å². The van der Waals surface area contributed by atoms with Crippen LogP contribution in [0.4, 0.5) is 14.6 Å². The SMILES string of the molecule is O=C(NC1CC1)c1ccc(-c2cnc3c(NCc4ccccn4)nc4cc(F)c(F)cc4n23)cc1Cl. The maximum atomic E-state index is 14.3. The van der Waals surface area contributed by atoms with Crippen LogP contribution in [0.1, 0.15) is 28.9 Å². The Morgan fingerprint density at radius 2 is 1.92 bits per heavy atom. The van der Waals surface area contributed by atoms with Crippen molar-refractivity contribution in [3.8, 4) is 11.3 Å². The zero-order chi connectivity index (χ0) is 24.8. The van der Waals surface area contributed by atoms with Crippen LogP contribution in [0.3, 0.4) is 0 Å². The molecule has 0 saturated heterocycles. The lowest BCUT2D eigenvalue weighted by Crippen LogP contribution is -2.25. The highest BCUT2D eigenvalue weighted by molar-refractivity contribution is 6.34. The lowest BCUT2D eigenvalue weighted by atomic mass is 10.1. The summed E-state index contributed by atoms with van der Waals surface area (Å²) in [5.74, 6) is -1.83. The van der Waals surface area contributed by atoms with Gasteiger partial charge >= 0.3 is 0 Å². The Kier molecular flexibility index (Phi) is 5.49. The van der Waals surface area contributed by atoms with Crippen LogP contribution in [0, 0.1) is 11.6 Å². The van der Waals surface area contributed by atoms with Crippen molar-refractivity contribution in [2.45, 2.75) is 25.4 Å². The number of hydrogen-bond acceptors (Lipinski definition) is 5. The average Bonchev–Trinajstić information content (AvgIpc) is 3.57. The van der Waals surface area contributed by atoms with Crippen LogP contribution in [-0.4, -0.2) is 31.3 Å². The highest BCUT2D eigenvalue weighted by atomic mass is 35.5. The fourth-order valence-electron chi connectivity index (χ4n) is 4.08. The Morgan fingerprint density at radius 1 is 1.08 bits per heavy atom. The van der Waals surface area contributed by atoms with E-state index in [1.54, 1.807) is 35.0 Å². The molecule has 1 saturated carbocycles. The summed E-state index contributed by atoms with van der Waals surface area (Å²) >= 11 is 6.48. The second-order valence-corrected chi connectivity index (χ2v) is 9.04. The summed E-state index contributed by atoms with van der Waals surface area (Å²) < 4.78 is 30.1. The molecule has 6 rings (SSSR count). The number of fused-ring (bicyclic) bond motifs is 3. The van der Waals surface area contributed by atoms with Gasteiger partial charge in [-0.2, -0.15) is 0 Å². The third-order valence-corrected chi connectivity index (χ3v) is 6.36. The molecule has 1 aliphatic rings. The number of aromatic nitrogens is 4. The standard InChI is InChI=1S/C26H19ClF2N6O/c27-18-9-14(4-7-17(18)26(36)33-15-5-6-15)23-13-32-25-24(31-12-16-3-1-2-8-30-16)34-21-10-19(28)20(29)11-22(21)35(23)25/h1-4,7-11,13,15H,5-6,12H2,(H,31,34)(H,33,36). The van der Waals surface area contributed by atoms with Crippen LogP contribution < -0.4 is 10.6 Å². The summed E-state index contributed by atoms with van der Waals surface area (Å²) in [5.41, 5.74) is 3.40. The van der Waals surface area contributed by atoms with Gasteiger partial charge in [-0.15, -0.1) is 0 Å². The van der Waals surface area contributed by atoms with Gasteiger partial charge in [0, 0.05) is 29.9 Å². The molecule has 5 aromatic rings. The minimum atomic E-state index is -0.999. The first kappa shape index (κ1) is 22.4. The smallest absolute Gasteiger partial charge is 0.253 e. The predicted octanol–water partition coefficient (Wildman–Crippen LogP) is 5.38. The molecule has 0 radical (unpaired) electrons. The fraction of sp³-hybridized carbons (Fsp3) is 0.154. The number of imidazole rings is 1. The number of rotatable bonds is 6. The van der Waals surface area contributed by atoms with Crippen LogP contribution in [0.2, 0.25) is 5.02 Å². The quantitative estimate of drug-likeness (QED) is 0.324. The van der Waals surface area contributed by atoms with Crippen molar-refractivity contribution in [1.29, 1.82) is 0 Å². The molecule has 180 valence electrons. The molecule has 0 unspecified atom stereocenters. The Balaban J connectivity index is 1.47. The number of hydrogen-bond donors (Lipinski definition) is 2. The number of carbonyl (C=O) groups is 1. The van der Waals surface area contributed by atoms with Gasteiger partial charge in [0.1, 0.15) is 0 Å². The molecule has 0 atom stereocenters. The first-order chi connectivity index (χ1) is 17.5. The first-order valence-corrected chi connectivity index (χ1v) is 11.8. The molecule has 10 heteroatoms. The second kappa shape index (κ2) is 8.83. The number of anilines is 1. The Morgan fingerprint density at radius 3 is 2.67 bits per heavy atom. The number of amides is 1. The van der Waals surface area contributed by atoms with Gasteiger partial charge in [-0.1, -0.05) is 23.7 Å². The van der Waals surface area contributed by atoms with E-state index in [-0.39, 0.29) is 22.5 Å². The molecule has 3 heterocycles. The molecule has 0 spiro atoms. The Hall–Kier alpha value is -4.11. The number of pyridine rings is 1. The van der Waals surface area contributed by atoms with E-state index in [1.807, 2.05) is 18.2 Å². The van der Waals surface area contributed by atoms with Crippen molar-refractivity contribution in [2.75, 3.05) is 5.32 Å². The average molecular weight is 505 g/mol. The van der Waals surface area contributed by atoms with E-state index < -0.39 is 11.6 Å². The fourth-order valence-corrected chi connectivity index (χ4v) is 4.34. The van der Waals surface area contributed by atoms with Gasteiger partial charge in [0.25, 0.3) is 5.91 Å². The molecule has 0 aliphatic heterocycles. The summed E-state index contributed by atoms with van der Waals surface area (Å²) in [4.78, 5) is 25.8. The zero-order valence-corrected chi connectivity index (χ0v) is 19.6. The molecule has 1 fully saturated rings. The van der Waals surface area contributed by atoms with E-state index in [9.17, 15) is 13.6 Å². The van der Waals surface area contributed by atoms with Crippen molar-refractivity contribution in [2.24, 2.45) is 0 Å². The van der Waals surface area contributed by atoms with Crippen LogP contribution in [0.5, 0.6) is 0 Å². The maximum Gasteiger partial charge on any atom is 0.253 e. The molecular weight excluding hydrogens is 486 g/mol. The van der Waals surface area contributed by atoms with Crippen LogP contribution in [0.15, 0.2) is 60.9 Å². The number of benzene rings is 2. The summed E-state index contributed by atoms with van der Waals surface area (Å²) in [6.07, 6.45) is 5.24. The maximum absolute atomic E-state index is 14.3. The van der Waals surface area contributed by atoms with Gasteiger partial charge < -0.3 is 10.6 Å². The Labute approximate surface area is 209 Å². The van der Waals surface area contributed by atoms with Gasteiger partial charge in [-0.25, -0.2) is 18.7 Å². The molecule has 0 bridgehead atoms. The lowest BCUT2D eigenvalue weighted by Gasteiger charge is -2.12. The monoisotopic (exact) mass is 504 g/mol. The van der Waals surface area contributed by atoms with Crippen LogP contribution >= 0.6 is 11.6 Å². The van der Waals surface area contributed by atoms with Gasteiger partial charge in [0.15, 0.2) is 23.1 Å². The minimum absolute atomic E-state index is 0.207. The van der Waals surface area contributed by atoms with Gasteiger partial charge in [0.2, 0.25) is 0 Å². The van der Waals surface area contributed by atoms with E-state index in [0.717, 1.165) is 30.7 Å². The molecule has 2 N–H and O–H groups in total. The molecule has 2 aromatic carbocycles. The molecule has 7 nitrogen and oxygen atoms in total. The van der Waals surface area contributed by atoms with E-state index in [2.05, 4.69) is 25.6 Å². The normalized spacial score (nSPS) is 13.3. The van der Waals surface area contributed by atoms with E-state index >= 15 is 0 Å². The van der Waals surface area contributed by atoms with Crippen LogP contribution in [-0.2, 0) is 6.54 Å². The third-order valence-electron chi connectivity index (χ3n) is 6.05. The van der Waals surface area contributed by atoms with Crippen molar-refractivity contribution in [1.82, 2.24) is 24.7 Å². The summed E-state index contributed by atoms with van der Waals surface area (Å²) in [7, 11) is 0. The van der Waals surface area contributed by atoms with Crippen molar-refractivity contribution in [3.63, 3.8) is 0 Å². The van der Waals surface area contributed by atoms with Crippen molar-refractivity contribution >= 4 is 40.0 Å². The summed E-state index contributed by atoms with van der Waals surface area (Å²) in [5, 5.41) is 6.41. The minimum Gasteiger partial charge on any atom is -0.361 e. The second-order valence-electron chi connectivity index (χ2n) is 8.63. The molecule has 1 aliphatic carbocycles.